The summed E-state index contributed by atoms with van der Waals surface area (Å²) in [5, 5.41) is 7.60. The molecule has 0 heterocycles. The molecular weight excluding hydrogens is 299 g/mol. The van der Waals surface area contributed by atoms with Gasteiger partial charge in [0.15, 0.2) is 0 Å². The van der Waals surface area contributed by atoms with Crippen LogP contribution in [0, 0.1) is 5.82 Å². The highest BCUT2D eigenvalue weighted by Crippen LogP contribution is 2.23. The predicted molar refractivity (Wildman–Crippen MR) is 90.9 cm³/mol. The molecular formula is C18H22ClFN2. The quantitative estimate of drug-likeness (QED) is 0.714. The molecule has 0 bridgehead atoms. The zero-order chi connectivity index (χ0) is 15.8. The van der Waals surface area contributed by atoms with Crippen molar-refractivity contribution < 1.29 is 4.39 Å². The first-order valence-electron chi connectivity index (χ1n) is 7.65. The van der Waals surface area contributed by atoms with E-state index < -0.39 is 0 Å². The third-order valence-electron chi connectivity index (χ3n) is 3.48. The van der Waals surface area contributed by atoms with Crippen LogP contribution < -0.4 is 10.6 Å². The maximum atomic E-state index is 13.1. The summed E-state index contributed by atoms with van der Waals surface area (Å²) in [5.41, 5.74) is 2.16. The van der Waals surface area contributed by atoms with Gasteiger partial charge in [0, 0.05) is 18.1 Å². The maximum Gasteiger partial charge on any atom is 0.123 e. The summed E-state index contributed by atoms with van der Waals surface area (Å²) >= 11 is 5.96. The number of rotatable bonds is 8. The number of hydrogen-bond acceptors (Lipinski definition) is 2. The van der Waals surface area contributed by atoms with Crippen LogP contribution in [0.4, 0.5) is 4.39 Å². The summed E-state index contributed by atoms with van der Waals surface area (Å²) in [7, 11) is 0. The fourth-order valence-corrected chi connectivity index (χ4v) is 2.47. The molecule has 2 aromatic carbocycles. The minimum Gasteiger partial charge on any atom is -0.315 e. The van der Waals surface area contributed by atoms with Crippen LogP contribution in [0.2, 0.25) is 5.02 Å². The second kappa shape index (κ2) is 8.89. The Morgan fingerprint density at radius 3 is 2.09 bits per heavy atom. The van der Waals surface area contributed by atoms with Gasteiger partial charge in [-0.1, -0.05) is 42.8 Å². The van der Waals surface area contributed by atoms with Crippen LogP contribution in [0.5, 0.6) is 0 Å². The van der Waals surface area contributed by atoms with Gasteiger partial charge in [-0.15, -0.1) is 0 Å². The molecule has 0 aliphatic carbocycles. The van der Waals surface area contributed by atoms with Crippen LogP contribution >= 0.6 is 11.6 Å². The Kier molecular flexibility index (Phi) is 6.84. The van der Waals surface area contributed by atoms with Gasteiger partial charge in [0.25, 0.3) is 0 Å². The number of hydrogen-bond donors (Lipinski definition) is 2. The minimum absolute atomic E-state index is 0.0290. The summed E-state index contributed by atoms with van der Waals surface area (Å²) < 4.78 is 13.1. The zero-order valence-electron chi connectivity index (χ0n) is 12.8. The normalized spacial score (nSPS) is 12.3. The van der Waals surface area contributed by atoms with Gasteiger partial charge < -0.3 is 10.6 Å². The number of benzene rings is 2. The van der Waals surface area contributed by atoms with Crippen LogP contribution in [0.1, 0.15) is 30.5 Å². The van der Waals surface area contributed by atoms with Gasteiger partial charge in [-0.3, -0.25) is 0 Å². The van der Waals surface area contributed by atoms with Gasteiger partial charge in [-0.2, -0.15) is 0 Å². The molecule has 0 aliphatic heterocycles. The highest BCUT2D eigenvalue weighted by molar-refractivity contribution is 6.30. The molecule has 0 amide bonds. The molecule has 4 heteroatoms. The van der Waals surface area contributed by atoms with Crippen molar-refractivity contribution in [3.8, 4) is 0 Å². The molecule has 2 aromatic rings. The Labute approximate surface area is 136 Å². The van der Waals surface area contributed by atoms with E-state index in [0.29, 0.717) is 5.02 Å². The lowest BCUT2D eigenvalue weighted by molar-refractivity contribution is 0.562. The first-order chi connectivity index (χ1) is 10.7. The highest BCUT2D eigenvalue weighted by Gasteiger charge is 2.13. The molecule has 118 valence electrons. The first-order valence-corrected chi connectivity index (χ1v) is 8.03. The second-order valence-corrected chi connectivity index (χ2v) is 5.68. The summed E-state index contributed by atoms with van der Waals surface area (Å²) in [6, 6.07) is 14.4. The van der Waals surface area contributed by atoms with E-state index in [9.17, 15) is 4.39 Å². The lowest BCUT2D eigenvalue weighted by atomic mass is 9.98. The van der Waals surface area contributed by atoms with E-state index in [1.165, 1.54) is 12.1 Å². The van der Waals surface area contributed by atoms with Gasteiger partial charge in [-0.05, 0) is 48.4 Å². The van der Waals surface area contributed by atoms with Crippen molar-refractivity contribution in [2.75, 3.05) is 19.6 Å². The van der Waals surface area contributed by atoms with Crippen LogP contribution in [0.15, 0.2) is 48.5 Å². The molecule has 22 heavy (non-hydrogen) atoms. The van der Waals surface area contributed by atoms with Crippen LogP contribution in [0.3, 0.4) is 0 Å². The maximum absolute atomic E-state index is 13.1. The highest BCUT2D eigenvalue weighted by atomic mass is 35.5. The molecule has 0 radical (unpaired) electrons. The van der Waals surface area contributed by atoms with E-state index in [0.717, 1.165) is 37.2 Å². The third kappa shape index (κ3) is 5.09. The van der Waals surface area contributed by atoms with Gasteiger partial charge in [-0.25, -0.2) is 4.39 Å². The van der Waals surface area contributed by atoms with Gasteiger partial charge in [0.05, 0.1) is 6.04 Å². The average molecular weight is 321 g/mol. The van der Waals surface area contributed by atoms with Gasteiger partial charge in [0.1, 0.15) is 5.82 Å². The molecule has 0 fully saturated rings. The number of halogens is 2. The van der Waals surface area contributed by atoms with Crippen molar-refractivity contribution >= 4 is 11.6 Å². The van der Waals surface area contributed by atoms with Gasteiger partial charge in [0.2, 0.25) is 0 Å². The molecule has 2 nitrogen and oxygen atoms in total. The molecule has 1 atom stereocenters. The average Bonchev–Trinajstić information content (AvgIpc) is 2.53. The smallest absolute Gasteiger partial charge is 0.123 e. The van der Waals surface area contributed by atoms with Crippen molar-refractivity contribution in [2.24, 2.45) is 0 Å². The molecule has 0 spiro atoms. The summed E-state index contributed by atoms with van der Waals surface area (Å²) in [6.45, 7) is 4.91. The Balaban J connectivity index is 2.10. The Morgan fingerprint density at radius 1 is 0.909 bits per heavy atom. The van der Waals surface area contributed by atoms with E-state index in [1.807, 2.05) is 36.4 Å². The lowest BCUT2D eigenvalue weighted by Crippen LogP contribution is -2.31. The summed E-state index contributed by atoms with van der Waals surface area (Å²) in [5.74, 6) is -0.219. The van der Waals surface area contributed by atoms with E-state index in [4.69, 9.17) is 11.6 Å². The molecule has 1 unspecified atom stereocenters. The van der Waals surface area contributed by atoms with E-state index in [1.54, 1.807) is 0 Å². The first kappa shape index (κ1) is 16.9. The van der Waals surface area contributed by atoms with Crippen molar-refractivity contribution in [1.29, 1.82) is 0 Å². The molecule has 0 aliphatic rings. The van der Waals surface area contributed by atoms with Crippen molar-refractivity contribution in [3.63, 3.8) is 0 Å². The van der Waals surface area contributed by atoms with Crippen LogP contribution in [-0.2, 0) is 0 Å². The fourth-order valence-electron chi connectivity index (χ4n) is 2.35. The van der Waals surface area contributed by atoms with Crippen molar-refractivity contribution in [2.45, 2.75) is 19.4 Å². The SMILES string of the molecule is CCCNCCNC(c1ccc(F)cc1)c1ccc(Cl)cc1. The molecule has 0 saturated heterocycles. The standard InChI is InChI=1S/C18H22ClFN2/c1-2-11-21-12-13-22-18(14-3-7-16(19)8-4-14)15-5-9-17(20)10-6-15/h3-10,18,21-22H,2,11-13H2,1H3. The number of nitrogens with one attached hydrogen (secondary N) is 2. The van der Waals surface area contributed by atoms with Crippen LogP contribution in [-0.4, -0.2) is 19.6 Å². The van der Waals surface area contributed by atoms with Crippen molar-refractivity contribution in [1.82, 2.24) is 10.6 Å². The monoisotopic (exact) mass is 320 g/mol. The third-order valence-corrected chi connectivity index (χ3v) is 3.74. The minimum atomic E-state index is -0.219. The van der Waals surface area contributed by atoms with E-state index in [-0.39, 0.29) is 11.9 Å². The topological polar surface area (TPSA) is 24.1 Å². The molecule has 0 saturated carbocycles. The molecule has 0 aromatic heterocycles. The Morgan fingerprint density at radius 2 is 1.50 bits per heavy atom. The van der Waals surface area contributed by atoms with E-state index in [2.05, 4.69) is 17.6 Å². The van der Waals surface area contributed by atoms with E-state index >= 15 is 0 Å². The van der Waals surface area contributed by atoms with Crippen molar-refractivity contribution in [3.05, 3.63) is 70.5 Å². The van der Waals surface area contributed by atoms with Crippen LogP contribution in [0.25, 0.3) is 0 Å². The zero-order valence-corrected chi connectivity index (χ0v) is 13.5. The second-order valence-electron chi connectivity index (χ2n) is 5.24. The van der Waals surface area contributed by atoms with Gasteiger partial charge >= 0.3 is 0 Å². The predicted octanol–water partition coefficient (Wildman–Crippen LogP) is 4.16. The Hall–Kier alpha value is -1.42. The Bertz CT molecular complexity index is 509. The lowest BCUT2D eigenvalue weighted by Gasteiger charge is -2.20. The summed E-state index contributed by atoms with van der Waals surface area (Å²) in [4.78, 5) is 0. The largest absolute Gasteiger partial charge is 0.315 e. The molecule has 2 rings (SSSR count). The molecule has 2 N–H and O–H groups in total. The summed E-state index contributed by atoms with van der Waals surface area (Å²) in [6.07, 6.45) is 1.12. The fraction of sp³-hybridized carbons (Fsp3) is 0.333.